The Morgan fingerprint density at radius 3 is 2.31 bits per heavy atom. The van der Waals surface area contributed by atoms with Crippen molar-refractivity contribution in [2.45, 2.75) is 47.2 Å². The minimum absolute atomic E-state index is 0.0371. The molecule has 1 aliphatic rings. The van der Waals surface area contributed by atoms with Crippen LogP contribution in [0.4, 0.5) is 0 Å². The second-order valence-electron chi connectivity index (χ2n) is 9.01. The van der Waals surface area contributed by atoms with Crippen LogP contribution in [0.1, 0.15) is 53.7 Å². The van der Waals surface area contributed by atoms with E-state index in [4.69, 9.17) is 9.98 Å². The number of hydrogen-bond donors (Lipinski definition) is 0. The lowest BCUT2D eigenvalue weighted by Gasteiger charge is -2.35. The van der Waals surface area contributed by atoms with Crippen molar-refractivity contribution in [1.29, 1.82) is 0 Å². The SMILES string of the molecule is Cc1ccc(C2=NCCN2C(c2nc(C)c(C)c(=O)n2Cc2ccccc2)C(C)C)cc1. The molecule has 1 atom stereocenters. The largest absolute Gasteiger partial charge is 0.344 e. The standard InChI is InChI=1S/C27H32N4O/c1-18(2)24(30-16-15-28-25(30)23-13-11-19(3)12-14-23)26-29-21(5)20(4)27(32)31(26)17-22-9-7-6-8-10-22/h6-14,18,24H,15-17H2,1-5H3. The van der Waals surface area contributed by atoms with Crippen LogP contribution < -0.4 is 5.56 Å². The molecule has 4 rings (SSSR count). The van der Waals surface area contributed by atoms with Crippen molar-refractivity contribution < 1.29 is 0 Å². The fourth-order valence-electron chi connectivity index (χ4n) is 4.41. The van der Waals surface area contributed by atoms with Crippen LogP contribution in [-0.2, 0) is 6.54 Å². The summed E-state index contributed by atoms with van der Waals surface area (Å²) in [4.78, 5) is 25.6. The Balaban J connectivity index is 1.82. The first kappa shape index (κ1) is 22.0. The third-order valence-electron chi connectivity index (χ3n) is 6.27. The van der Waals surface area contributed by atoms with Crippen LogP contribution in [0.5, 0.6) is 0 Å². The summed E-state index contributed by atoms with van der Waals surface area (Å²) in [5.41, 5.74) is 4.98. The summed E-state index contributed by atoms with van der Waals surface area (Å²) < 4.78 is 1.87. The summed E-state index contributed by atoms with van der Waals surface area (Å²) in [6, 6.07) is 18.6. The van der Waals surface area contributed by atoms with Gasteiger partial charge >= 0.3 is 0 Å². The molecule has 0 saturated carbocycles. The average molecular weight is 429 g/mol. The highest BCUT2D eigenvalue weighted by Crippen LogP contribution is 2.31. The second kappa shape index (κ2) is 9.11. The fourth-order valence-corrected chi connectivity index (χ4v) is 4.41. The van der Waals surface area contributed by atoms with Crippen molar-refractivity contribution in [2.24, 2.45) is 10.9 Å². The Morgan fingerprint density at radius 1 is 0.969 bits per heavy atom. The van der Waals surface area contributed by atoms with Crippen molar-refractivity contribution in [2.75, 3.05) is 13.1 Å². The first-order valence-corrected chi connectivity index (χ1v) is 11.4. The number of rotatable bonds is 6. The molecule has 0 radical (unpaired) electrons. The van der Waals surface area contributed by atoms with Gasteiger partial charge in [0.2, 0.25) is 0 Å². The Morgan fingerprint density at radius 2 is 1.66 bits per heavy atom. The van der Waals surface area contributed by atoms with E-state index in [1.54, 1.807) is 0 Å². The molecule has 5 nitrogen and oxygen atoms in total. The van der Waals surface area contributed by atoms with Crippen LogP contribution in [0, 0.1) is 26.7 Å². The molecule has 3 aromatic rings. The highest BCUT2D eigenvalue weighted by atomic mass is 16.1. The lowest BCUT2D eigenvalue weighted by Crippen LogP contribution is -2.41. The molecule has 1 aromatic heterocycles. The first-order chi connectivity index (χ1) is 15.4. The molecule has 0 bridgehead atoms. The van der Waals surface area contributed by atoms with E-state index in [1.165, 1.54) is 5.56 Å². The van der Waals surface area contributed by atoms with Crippen molar-refractivity contribution >= 4 is 5.84 Å². The lowest BCUT2D eigenvalue weighted by molar-refractivity contribution is 0.249. The predicted molar refractivity (Wildman–Crippen MR) is 130 cm³/mol. The van der Waals surface area contributed by atoms with Gasteiger partial charge in [-0.2, -0.15) is 0 Å². The van der Waals surface area contributed by atoms with E-state index in [0.29, 0.717) is 12.1 Å². The van der Waals surface area contributed by atoms with Gasteiger partial charge in [-0.05, 0) is 32.3 Å². The minimum Gasteiger partial charge on any atom is -0.344 e. The van der Waals surface area contributed by atoms with Gasteiger partial charge in [0.15, 0.2) is 0 Å². The van der Waals surface area contributed by atoms with E-state index >= 15 is 0 Å². The normalized spacial score (nSPS) is 14.7. The Bertz CT molecular complexity index is 1180. The maximum atomic E-state index is 13.4. The van der Waals surface area contributed by atoms with Gasteiger partial charge in [0, 0.05) is 23.4 Å². The van der Waals surface area contributed by atoms with Crippen LogP contribution in [0.15, 0.2) is 64.4 Å². The van der Waals surface area contributed by atoms with Crippen LogP contribution >= 0.6 is 0 Å². The molecular formula is C27H32N4O. The third kappa shape index (κ3) is 4.24. The lowest BCUT2D eigenvalue weighted by atomic mass is 9.99. The fraction of sp³-hybridized carbons (Fsp3) is 0.370. The zero-order chi connectivity index (χ0) is 22.8. The van der Waals surface area contributed by atoms with E-state index in [1.807, 2.05) is 36.6 Å². The third-order valence-corrected chi connectivity index (χ3v) is 6.27. The predicted octanol–water partition coefficient (Wildman–Crippen LogP) is 4.68. The number of nitrogens with zero attached hydrogens (tertiary/aromatic N) is 4. The van der Waals surface area contributed by atoms with Gasteiger partial charge in [-0.15, -0.1) is 0 Å². The highest BCUT2D eigenvalue weighted by molar-refractivity contribution is 6.00. The number of hydrogen-bond acceptors (Lipinski definition) is 4. The quantitative estimate of drug-likeness (QED) is 0.573. The zero-order valence-electron chi connectivity index (χ0n) is 19.7. The number of benzene rings is 2. The molecule has 0 aliphatic carbocycles. The summed E-state index contributed by atoms with van der Waals surface area (Å²) in [7, 11) is 0. The van der Waals surface area contributed by atoms with Crippen molar-refractivity contribution in [3.8, 4) is 0 Å². The summed E-state index contributed by atoms with van der Waals surface area (Å²) in [6.45, 7) is 12.4. The number of aromatic nitrogens is 2. The summed E-state index contributed by atoms with van der Waals surface area (Å²) >= 11 is 0. The van der Waals surface area contributed by atoms with E-state index in [2.05, 4.69) is 62.1 Å². The molecule has 0 spiro atoms. The maximum absolute atomic E-state index is 13.4. The topological polar surface area (TPSA) is 50.5 Å². The molecule has 0 fully saturated rings. The first-order valence-electron chi connectivity index (χ1n) is 11.4. The van der Waals surface area contributed by atoms with E-state index in [9.17, 15) is 4.79 Å². The number of aryl methyl sites for hydroxylation is 2. The molecule has 2 aromatic carbocycles. The van der Waals surface area contributed by atoms with Gasteiger partial charge in [-0.3, -0.25) is 14.4 Å². The number of aliphatic imine (C=N–C) groups is 1. The van der Waals surface area contributed by atoms with Gasteiger partial charge in [0.25, 0.3) is 5.56 Å². The van der Waals surface area contributed by atoms with Crippen LogP contribution in [0.3, 0.4) is 0 Å². The summed E-state index contributed by atoms with van der Waals surface area (Å²) in [5.74, 6) is 2.06. The Hall–Kier alpha value is -3.21. The molecular weight excluding hydrogens is 396 g/mol. The van der Waals surface area contributed by atoms with E-state index in [0.717, 1.165) is 41.6 Å². The van der Waals surface area contributed by atoms with E-state index in [-0.39, 0.29) is 17.5 Å². The minimum atomic E-state index is -0.0479. The van der Waals surface area contributed by atoms with Gasteiger partial charge in [-0.25, -0.2) is 4.98 Å². The average Bonchev–Trinajstić information content (AvgIpc) is 3.25. The van der Waals surface area contributed by atoms with Crippen molar-refractivity contribution in [3.63, 3.8) is 0 Å². The highest BCUT2D eigenvalue weighted by Gasteiger charge is 2.33. The monoisotopic (exact) mass is 428 g/mol. The van der Waals surface area contributed by atoms with Gasteiger partial charge in [0.05, 0.1) is 19.1 Å². The summed E-state index contributed by atoms with van der Waals surface area (Å²) in [5, 5.41) is 0. The second-order valence-corrected chi connectivity index (χ2v) is 9.01. The molecule has 32 heavy (non-hydrogen) atoms. The molecule has 0 saturated heterocycles. The molecule has 5 heteroatoms. The van der Waals surface area contributed by atoms with Crippen molar-refractivity contribution in [3.05, 3.63) is 98.7 Å². The number of amidine groups is 1. The maximum Gasteiger partial charge on any atom is 0.257 e. The molecule has 1 unspecified atom stereocenters. The van der Waals surface area contributed by atoms with Crippen LogP contribution in [-0.4, -0.2) is 33.4 Å². The molecule has 166 valence electrons. The Kier molecular flexibility index (Phi) is 6.26. The van der Waals surface area contributed by atoms with Gasteiger partial charge < -0.3 is 4.90 Å². The molecule has 1 aliphatic heterocycles. The molecule has 0 amide bonds. The van der Waals surface area contributed by atoms with Crippen LogP contribution in [0.25, 0.3) is 0 Å². The zero-order valence-corrected chi connectivity index (χ0v) is 19.7. The van der Waals surface area contributed by atoms with Crippen molar-refractivity contribution in [1.82, 2.24) is 14.5 Å². The van der Waals surface area contributed by atoms with Gasteiger partial charge in [-0.1, -0.05) is 74.0 Å². The van der Waals surface area contributed by atoms with Gasteiger partial charge in [0.1, 0.15) is 11.7 Å². The summed E-state index contributed by atoms with van der Waals surface area (Å²) in [6.07, 6.45) is 0. The van der Waals surface area contributed by atoms with E-state index < -0.39 is 0 Å². The molecule has 2 heterocycles. The Labute approximate surface area is 190 Å². The van der Waals surface area contributed by atoms with Crippen LogP contribution in [0.2, 0.25) is 0 Å². The smallest absolute Gasteiger partial charge is 0.257 e. The molecule has 0 N–H and O–H groups in total.